The second-order valence-electron chi connectivity index (χ2n) is 4.48. The molecule has 0 bridgehead atoms. The van der Waals surface area contributed by atoms with E-state index in [2.05, 4.69) is 20.7 Å². The summed E-state index contributed by atoms with van der Waals surface area (Å²) in [6.07, 6.45) is 4.53. The number of carbonyl (C=O) groups excluding carboxylic acids is 1. The van der Waals surface area contributed by atoms with Crippen LogP contribution >= 0.6 is 0 Å². The lowest BCUT2D eigenvalue weighted by Crippen LogP contribution is -2.31. The van der Waals surface area contributed by atoms with Crippen molar-refractivity contribution in [1.82, 2.24) is 24.6 Å². The van der Waals surface area contributed by atoms with Crippen molar-refractivity contribution in [2.24, 2.45) is 7.05 Å². The normalized spacial score (nSPS) is 10.4. The molecule has 9 nitrogen and oxygen atoms in total. The lowest BCUT2D eigenvalue weighted by molar-refractivity contribution is 0.0691. The standard InChI is InChI=1S/C12H16N6O3/c1-8-9(5-17(2)16-8)15-12(21)13-3-4-18-6-10(11(19)20)14-7-18/h5-7H,3-4H2,1-2H3,(H,19,20)(H2,13,15,21). The van der Waals surface area contributed by atoms with Gasteiger partial charge in [-0.25, -0.2) is 14.6 Å². The van der Waals surface area contributed by atoms with Crippen molar-refractivity contribution in [2.75, 3.05) is 11.9 Å². The molecule has 0 aromatic carbocycles. The zero-order valence-corrected chi connectivity index (χ0v) is 11.7. The van der Waals surface area contributed by atoms with E-state index in [1.165, 1.54) is 12.5 Å². The molecule has 2 aromatic rings. The fraction of sp³-hybridized carbons (Fsp3) is 0.333. The Labute approximate surface area is 120 Å². The molecule has 2 heterocycles. The van der Waals surface area contributed by atoms with Crippen LogP contribution in [0.5, 0.6) is 0 Å². The summed E-state index contributed by atoms with van der Waals surface area (Å²) in [5.74, 6) is -1.08. The molecular formula is C12H16N6O3. The highest BCUT2D eigenvalue weighted by atomic mass is 16.4. The molecule has 3 N–H and O–H groups in total. The summed E-state index contributed by atoms with van der Waals surface area (Å²) in [6.45, 7) is 2.58. The van der Waals surface area contributed by atoms with Crippen LogP contribution in [-0.4, -0.2) is 43.0 Å². The van der Waals surface area contributed by atoms with Crippen LogP contribution in [0.25, 0.3) is 0 Å². The van der Waals surface area contributed by atoms with Gasteiger partial charge in [-0.2, -0.15) is 5.10 Å². The quantitative estimate of drug-likeness (QED) is 0.740. The molecule has 0 saturated carbocycles. The fourth-order valence-electron chi connectivity index (χ4n) is 1.78. The second kappa shape index (κ2) is 6.07. The maximum atomic E-state index is 11.7. The van der Waals surface area contributed by atoms with Crippen LogP contribution in [0.15, 0.2) is 18.7 Å². The van der Waals surface area contributed by atoms with Crippen molar-refractivity contribution in [3.05, 3.63) is 30.1 Å². The summed E-state index contributed by atoms with van der Waals surface area (Å²) in [7, 11) is 1.77. The number of urea groups is 1. The van der Waals surface area contributed by atoms with E-state index in [1.807, 2.05) is 0 Å². The molecule has 0 fully saturated rings. The number of carbonyl (C=O) groups is 2. The molecule has 2 amide bonds. The minimum atomic E-state index is -1.08. The zero-order chi connectivity index (χ0) is 15.4. The van der Waals surface area contributed by atoms with Gasteiger partial charge >= 0.3 is 12.0 Å². The van der Waals surface area contributed by atoms with E-state index < -0.39 is 5.97 Å². The molecular weight excluding hydrogens is 276 g/mol. The van der Waals surface area contributed by atoms with Crippen LogP contribution in [0.2, 0.25) is 0 Å². The van der Waals surface area contributed by atoms with E-state index in [-0.39, 0.29) is 11.7 Å². The third-order valence-corrected chi connectivity index (χ3v) is 2.77. The first-order chi connectivity index (χ1) is 9.95. The number of hydrogen-bond acceptors (Lipinski definition) is 4. The molecule has 0 atom stereocenters. The third kappa shape index (κ3) is 3.81. The number of carboxylic acids is 1. The van der Waals surface area contributed by atoms with Gasteiger partial charge in [0.05, 0.1) is 17.7 Å². The zero-order valence-electron chi connectivity index (χ0n) is 11.7. The number of carboxylic acid groups (broad SMARTS) is 1. The van der Waals surface area contributed by atoms with E-state index in [9.17, 15) is 9.59 Å². The van der Waals surface area contributed by atoms with Crippen LogP contribution in [-0.2, 0) is 13.6 Å². The highest BCUT2D eigenvalue weighted by Crippen LogP contribution is 2.10. The molecule has 2 rings (SSSR count). The number of imidazole rings is 1. The Morgan fingerprint density at radius 3 is 2.71 bits per heavy atom. The number of aromatic nitrogens is 4. The lowest BCUT2D eigenvalue weighted by atomic mass is 10.4. The predicted octanol–water partition coefficient (Wildman–Crippen LogP) is 0.445. The largest absolute Gasteiger partial charge is 0.476 e. The minimum Gasteiger partial charge on any atom is -0.476 e. The molecule has 0 saturated heterocycles. The Morgan fingerprint density at radius 1 is 1.38 bits per heavy atom. The second-order valence-corrected chi connectivity index (χ2v) is 4.48. The summed E-state index contributed by atoms with van der Waals surface area (Å²) < 4.78 is 3.21. The van der Waals surface area contributed by atoms with Crippen molar-refractivity contribution in [3.8, 4) is 0 Å². The molecule has 0 aliphatic rings. The van der Waals surface area contributed by atoms with E-state index >= 15 is 0 Å². The Morgan fingerprint density at radius 2 is 2.14 bits per heavy atom. The van der Waals surface area contributed by atoms with Gasteiger partial charge in [0, 0.05) is 32.5 Å². The first-order valence-electron chi connectivity index (χ1n) is 6.26. The Hall–Kier alpha value is -2.84. The molecule has 0 radical (unpaired) electrons. The molecule has 0 aliphatic heterocycles. The first kappa shape index (κ1) is 14.6. The van der Waals surface area contributed by atoms with Gasteiger partial charge in [-0.05, 0) is 6.92 Å². The number of aryl methyl sites for hydroxylation is 2. The Bertz CT molecular complexity index is 660. The van der Waals surface area contributed by atoms with Crippen LogP contribution in [0.3, 0.4) is 0 Å². The summed E-state index contributed by atoms with van der Waals surface area (Å²) in [4.78, 5) is 26.1. The highest BCUT2D eigenvalue weighted by molar-refractivity contribution is 5.89. The van der Waals surface area contributed by atoms with Crippen LogP contribution in [0.1, 0.15) is 16.2 Å². The number of amides is 2. The first-order valence-corrected chi connectivity index (χ1v) is 6.26. The minimum absolute atomic E-state index is 0.0227. The van der Waals surface area contributed by atoms with Crippen LogP contribution < -0.4 is 10.6 Å². The summed E-state index contributed by atoms with van der Waals surface area (Å²) in [6, 6.07) is -0.343. The molecule has 2 aromatic heterocycles. The third-order valence-electron chi connectivity index (χ3n) is 2.77. The summed E-state index contributed by atoms with van der Waals surface area (Å²) >= 11 is 0. The number of nitrogens with zero attached hydrogens (tertiary/aromatic N) is 4. The predicted molar refractivity (Wildman–Crippen MR) is 74.2 cm³/mol. The van der Waals surface area contributed by atoms with E-state index in [0.29, 0.717) is 18.8 Å². The van der Waals surface area contributed by atoms with Crippen molar-refractivity contribution in [1.29, 1.82) is 0 Å². The fourth-order valence-corrected chi connectivity index (χ4v) is 1.78. The summed E-state index contributed by atoms with van der Waals surface area (Å²) in [5.41, 5.74) is 1.35. The van der Waals surface area contributed by atoms with Gasteiger partial charge in [-0.1, -0.05) is 0 Å². The van der Waals surface area contributed by atoms with E-state index in [0.717, 1.165) is 5.69 Å². The number of hydrogen-bond donors (Lipinski definition) is 3. The van der Waals surface area contributed by atoms with Gasteiger partial charge in [0.15, 0.2) is 5.69 Å². The van der Waals surface area contributed by atoms with Gasteiger partial charge in [-0.15, -0.1) is 0 Å². The smallest absolute Gasteiger partial charge is 0.356 e. The summed E-state index contributed by atoms with van der Waals surface area (Å²) in [5, 5.41) is 18.2. The average Bonchev–Trinajstić information content (AvgIpc) is 2.97. The Kier molecular flexibility index (Phi) is 4.21. The van der Waals surface area contributed by atoms with Gasteiger partial charge < -0.3 is 20.3 Å². The van der Waals surface area contributed by atoms with Crippen molar-refractivity contribution in [3.63, 3.8) is 0 Å². The van der Waals surface area contributed by atoms with E-state index in [1.54, 1.807) is 29.4 Å². The van der Waals surface area contributed by atoms with Gasteiger partial charge in [0.25, 0.3) is 0 Å². The number of rotatable bonds is 5. The molecule has 21 heavy (non-hydrogen) atoms. The number of anilines is 1. The van der Waals surface area contributed by atoms with Crippen molar-refractivity contribution in [2.45, 2.75) is 13.5 Å². The van der Waals surface area contributed by atoms with Gasteiger partial charge in [-0.3, -0.25) is 4.68 Å². The van der Waals surface area contributed by atoms with E-state index in [4.69, 9.17) is 5.11 Å². The van der Waals surface area contributed by atoms with Gasteiger partial charge in [0.1, 0.15) is 0 Å². The maximum Gasteiger partial charge on any atom is 0.356 e. The monoisotopic (exact) mass is 292 g/mol. The van der Waals surface area contributed by atoms with Gasteiger partial charge in [0.2, 0.25) is 0 Å². The van der Waals surface area contributed by atoms with Crippen molar-refractivity contribution >= 4 is 17.7 Å². The SMILES string of the molecule is Cc1nn(C)cc1NC(=O)NCCn1cnc(C(=O)O)c1. The molecule has 9 heteroatoms. The Balaban J connectivity index is 1.78. The number of aromatic carboxylic acids is 1. The topological polar surface area (TPSA) is 114 Å². The molecule has 112 valence electrons. The average molecular weight is 292 g/mol. The lowest BCUT2D eigenvalue weighted by Gasteiger charge is -2.06. The molecule has 0 aliphatic carbocycles. The maximum absolute atomic E-state index is 11.7. The van der Waals surface area contributed by atoms with Crippen molar-refractivity contribution < 1.29 is 14.7 Å². The van der Waals surface area contributed by atoms with Crippen LogP contribution in [0, 0.1) is 6.92 Å². The highest BCUT2D eigenvalue weighted by Gasteiger charge is 2.08. The molecule has 0 spiro atoms. The number of nitrogens with one attached hydrogen (secondary N) is 2. The van der Waals surface area contributed by atoms with Crippen LogP contribution in [0.4, 0.5) is 10.5 Å². The molecule has 0 unspecified atom stereocenters.